The molecule has 7 heteroatoms. The predicted molar refractivity (Wildman–Crippen MR) is 80.1 cm³/mol. The fourth-order valence-electron chi connectivity index (χ4n) is 2.52. The molecule has 1 aromatic rings. The van der Waals surface area contributed by atoms with Gasteiger partial charge in [-0.2, -0.15) is 0 Å². The van der Waals surface area contributed by atoms with E-state index in [2.05, 4.69) is 10.6 Å². The number of anilines is 1. The van der Waals surface area contributed by atoms with Crippen molar-refractivity contribution in [3.05, 3.63) is 18.2 Å². The summed E-state index contributed by atoms with van der Waals surface area (Å²) in [5, 5.41) is 5.60. The summed E-state index contributed by atoms with van der Waals surface area (Å²) in [6, 6.07) is 4.94. The first-order valence-electron chi connectivity index (χ1n) is 7.35. The molecule has 2 N–H and O–H groups in total. The number of nitrogens with one attached hydrogen (secondary N) is 2. The van der Waals surface area contributed by atoms with Crippen LogP contribution in [0.4, 0.5) is 5.69 Å². The van der Waals surface area contributed by atoms with Crippen LogP contribution >= 0.6 is 0 Å². The van der Waals surface area contributed by atoms with Crippen molar-refractivity contribution in [2.24, 2.45) is 0 Å². The smallest absolute Gasteiger partial charge is 0.241 e. The maximum atomic E-state index is 12.3. The summed E-state index contributed by atoms with van der Waals surface area (Å²) in [5.74, 6) is 1.12. The summed E-state index contributed by atoms with van der Waals surface area (Å²) in [4.78, 5) is 25.6. The molecule has 1 saturated heterocycles. The molecule has 3 rings (SSSR count). The van der Waals surface area contributed by atoms with E-state index < -0.39 is 0 Å². The molecule has 0 bridgehead atoms. The average molecular weight is 305 g/mol. The van der Waals surface area contributed by atoms with Gasteiger partial charge >= 0.3 is 0 Å². The third-order valence-corrected chi connectivity index (χ3v) is 3.80. The third kappa shape index (κ3) is 3.14. The zero-order chi connectivity index (χ0) is 15.5. The minimum atomic E-state index is -0.376. The molecule has 0 radical (unpaired) electrons. The minimum absolute atomic E-state index is 0.0507. The summed E-state index contributed by atoms with van der Waals surface area (Å²) in [7, 11) is 0. The average Bonchev–Trinajstić information content (AvgIpc) is 2.54. The molecule has 0 unspecified atom stereocenters. The van der Waals surface area contributed by atoms with Crippen LogP contribution in [0.15, 0.2) is 18.2 Å². The zero-order valence-corrected chi connectivity index (χ0v) is 12.4. The Bertz CT molecular complexity index is 590. The van der Waals surface area contributed by atoms with Crippen LogP contribution in [0.2, 0.25) is 0 Å². The second-order valence-electron chi connectivity index (χ2n) is 5.34. The van der Waals surface area contributed by atoms with Crippen molar-refractivity contribution in [1.29, 1.82) is 0 Å². The number of fused-ring (bicyclic) bond motifs is 1. The third-order valence-electron chi connectivity index (χ3n) is 3.80. The first-order chi connectivity index (χ1) is 10.6. The molecule has 1 atom stereocenters. The van der Waals surface area contributed by atoms with Gasteiger partial charge in [0.1, 0.15) is 13.2 Å². The van der Waals surface area contributed by atoms with E-state index in [0.29, 0.717) is 43.5 Å². The number of carbonyl (C=O) groups excluding carboxylic acids is 2. The van der Waals surface area contributed by atoms with E-state index in [4.69, 9.17) is 9.47 Å². The summed E-state index contributed by atoms with van der Waals surface area (Å²) < 4.78 is 10.9. The lowest BCUT2D eigenvalue weighted by Crippen LogP contribution is -2.53. The van der Waals surface area contributed by atoms with E-state index in [1.54, 1.807) is 25.1 Å². The van der Waals surface area contributed by atoms with Gasteiger partial charge in [0.05, 0.1) is 12.6 Å². The number of piperazine rings is 1. The van der Waals surface area contributed by atoms with Crippen molar-refractivity contribution in [2.45, 2.75) is 13.0 Å². The number of carbonyl (C=O) groups is 2. The molecular weight excluding hydrogens is 286 g/mol. The van der Waals surface area contributed by atoms with Crippen LogP contribution in [0.3, 0.4) is 0 Å². The molecule has 0 aliphatic carbocycles. The largest absolute Gasteiger partial charge is 0.486 e. The molecule has 2 aliphatic heterocycles. The summed E-state index contributed by atoms with van der Waals surface area (Å²) in [5.41, 5.74) is 0.655. The van der Waals surface area contributed by atoms with Crippen molar-refractivity contribution in [1.82, 2.24) is 10.2 Å². The van der Waals surface area contributed by atoms with Gasteiger partial charge in [-0.1, -0.05) is 0 Å². The van der Waals surface area contributed by atoms with E-state index in [-0.39, 0.29) is 24.4 Å². The van der Waals surface area contributed by atoms with Crippen molar-refractivity contribution in [3.8, 4) is 11.5 Å². The highest BCUT2D eigenvalue weighted by atomic mass is 16.6. The van der Waals surface area contributed by atoms with Crippen LogP contribution in [0.1, 0.15) is 6.92 Å². The van der Waals surface area contributed by atoms with E-state index in [1.807, 2.05) is 4.90 Å². The standard InChI is InChI=1S/C15H19N3O4/c1-10(18-5-4-16-14(19)9-18)15(20)17-11-2-3-12-13(8-11)22-7-6-21-12/h2-3,8,10H,4-7,9H2,1H3,(H,16,19)(H,17,20)/t10-/m0/s1. The molecule has 1 fully saturated rings. The lowest BCUT2D eigenvalue weighted by molar-refractivity contribution is -0.127. The Labute approximate surface area is 128 Å². The topological polar surface area (TPSA) is 79.9 Å². The van der Waals surface area contributed by atoms with Crippen LogP contribution in [0.5, 0.6) is 11.5 Å². The number of rotatable bonds is 3. The molecule has 1 aromatic carbocycles. The minimum Gasteiger partial charge on any atom is -0.486 e. The molecular formula is C15H19N3O4. The van der Waals surface area contributed by atoms with Crippen molar-refractivity contribution >= 4 is 17.5 Å². The van der Waals surface area contributed by atoms with Gasteiger partial charge in [-0.25, -0.2) is 0 Å². The SMILES string of the molecule is C[C@@H](C(=O)Nc1ccc2c(c1)OCCO2)N1CCNC(=O)C1. The van der Waals surface area contributed by atoms with Crippen LogP contribution < -0.4 is 20.1 Å². The monoisotopic (exact) mass is 305 g/mol. The Morgan fingerprint density at radius 2 is 2.09 bits per heavy atom. The summed E-state index contributed by atoms with van der Waals surface area (Å²) in [6.07, 6.45) is 0. The first-order valence-corrected chi connectivity index (χ1v) is 7.35. The predicted octanol–water partition coefficient (Wildman–Crippen LogP) is 0.217. The van der Waals surface area contributed by atoms with Gasteiger partial charge in [-0.05, 0) is 19.1 Å². The number of hydrogen-bond acceptors (Lipinski definition) is 5. The number of ether oxygens (including phenoxy) is 2. The molecule has 0 aromatic heterocycles. The Morgan fingerprint density at radius 1 is 1.32 bits per heavy atom. The maximum Gasteiger partial charge on any atom is 0.241 e. The fourth-order valence-corrected chi connectivity index (χ4v) is 2.52. The molecule has 0 spiro atoms. The van der Waals surface area contributed by atoms with E-state index in [0.717, 1.165) is 0 Å². The lowest BCUT2D eigenvalue weighted by Gasteiger charge is -2.31. The lowest BCUT2D eigenvalue weighted by atomic mass is 10.2. The maximum absolute atomic E-state index is 12.3. The van der Waals surface area contributed by atoms with E-state index in [1.165, 1.54) is 0 Å². The quantitative estimate of drug-likeness (QED) is 0.835. The van der Waals surface area contributed by atoms with Gasteiger partial charge in [0.25, 0.3) is 0 Å². The van der Waals surface area contributed by atoms with Gasteiger partial charge in [-0.15, -0.1) is 0 Å². The summed E-state index contributed by atoms with van der Waals surface area (Å²) in [6.45, 7) is 4.32. The fraction of sp³-hybridized carbons (Fsp3) is 0.467. The van der Waals surface area contributed by atoms with E-state index >= 15 is 0 Å². The van der Waals surface area contributed by atoms with Crippen LogP contribution in [0.25, 0.3) is 0 Å². The second kappa shape index (κ2) is 6.23. The van der Waals surface area contributed by atoms with Crippen LogP contribution in [-0.2, 0) is 9.59 Å². The Balaban J connectivity index is 1.64. The molecule has 2 aliphatic rings. The Hall–Kier alpha value is -2.28. The normalized spacial score (nSPS) is 19.2. The second-order valence-corrected chi connectivity index (χ2v) is 5.34. The highest BCUT2D eigenvalue weighted by molar-refractivity contribution is 5.95. The van der Waals surface area contributed by atoms with Crippen molar-refractivity contribution < 1.29 is 19.1 Å². The Morgan fingerprint density at radius 3 is 2.86 bits per heavy atom. The molecule has 2 amide bonds. The molecule has 2 heterocycles. The highest BCUT2D eigenvalue weighted by Crippen LogP contribution is 2.32. The number of amides is 2. The zero-order valence-electron chi connectivity index (χ0n) is 12.4. The molecule has 22 heavy (non-hydrogen) atoms. The van der Waals surface area contributed by atoms with Gasteiger partial charge in [-0.3, -0.25) is 14.5 Å². The Kier molecular flexibility index (Phi) is 4.15. The van der Waals surface area contributed by atoms with Crippen LogP contribution in [-0.4, -0.2) is 55.6 Å². The van der Waals surface area contributed by atoms with Gasteiger partial charge in [0, 0.05) is 24.8 Å². The van der Waals surface area contributed by atoms with Crippen molar-refractivity contribution in [3.63, 3.8) is 0 Å². The highest BCUT2D eigenvalue weighted by Gasteiger charge is 2.26. The summed E-state index contributed by atoms with van der Waals surface area (Å²) >= 11 is 0. The van der Waals surface area contributed by atoms with Gasteiger partial charge < -0.3 is 20.1 Å². The number of nitrogens with zero attached hydrogens (tertiary/aromatic N) is 1. The van der Waals surface area contributed by atoms with Crippen molar-refractivity contribution in [2.75, 3.05) is 38.2 Å². The van der Waals surface area contributed by atoms with Crippen LogP contribution in [0, 0.1) is 0 Å². The van der Waals surface area contributed by atoms with Gasteiger partial charge in [0.15, 0.2) is 11.5 Å². The number of hydrogen-bond donors (Lipinski definition) is 2. The molecule has 7 nitrogen and oxygen atoms in total. The van der Waals surface area contributed by atoms with Gasteiger partial charge in [0.2, 0.25) is 11.8 Å². The number of benzene rings is 1. The van der Waals surface area contributed by atoms with E-state index in [9.17, 15) is 9.59 Å². The first kappa shape index (κ1) is 14.6. The molecule has 118 valence electrons. The molecule has 0 saturated carbocycles.